The van der Waals surface area contributed by atoms with Crippen LogP contribution in [-0.2, 0) is 9.53 Å². The largest absolute Gasteiger partial charge is 0.468 e. The SMILES string of the molecule is COC(=O)[C@@H](NCSSC)[C@@H](C)O. The van der Waals surface area contributed by atoms with Crippen LogP contribution in [0.25, 0.3) is 0 Å². The Morgan fingerprint density at radius 2 is 2.31 bits per heavy atom. The van der Waals surface area contributed by atoms with Gasteiger partial charge in [0.05, 0.1) is 19.1 Å². The minimum absolute atomic E-state index is 0.434. The summed E-state index contributed by atoms with van der Waals surface area (Å²) in [5.74, 6) is 0.169. The van der Waals surface area contributed by atoms with E-state index < -0.39 is 18.1 Å². The van der Waals surface area contributed by atoms with Crippen LogP contribution in [0.5, 0.6) is 0 Å². The summed E-state index contributed by atoms with van der Waals surface area (Å²) >= 11 is 0. The van der Waals surface area contributed by atoms with Crippen LogP contribution in [0.2, 0.25) is 0 Å². The molecule has 13 heavy (non-hydrogen) atoms. The van der Waals surface area contributed by atoms with Crippen LogP contribution >= 0.6 is 21.6 Å². The second-order valence-corrected chi connectivity index (χ2v) is 4.94. The molecule has 0 heterocycles. The van der Waals surface area contributed by atoms with E-state index in [1.807, 2.05) is 6.26 Å². The summed E-state index contributed by atoms with van der Waals surface area (Å²) in [6, 6.07) is -0.635. The van der Waals surface area contributed by atoms with Gasteiger partial charge in [0.25, 0.3) is 0 Å². The molecule has 78 valence electrons. The van der Waals surface area contributed by atoms with Gasteiger partial charge in [-0.25, -0.2) is 0 Å². The van der Waals surface area contributed by atoms with Gasteiger partial charge in [-0.2, -0.15) is 0 Å². The highest BCUT2D eigenvalue weighted by Crippen LogP contribution is 2.14. The lowest BCUT2D eigenvalue weighted by Gasteiger charge is -2.18. The first-order valence-electron chi connectivity index (χ1n) is 3.78. The maximum Gasteiger partial charge on any atom is 0.325 e. The minimum Gasteiger partial charge on any atom is -0.468 e. The molecule has 0 aliphatic carbocycles. The van der Waals surface area contributed by atoms with Gasteiger partial charge in [0.2, 0.25) is 0 Å². The average molecular weight is 225 g/mol. The lowest BCUT2D eigenvalue weighted by Crippen LogP contribution is -2.45. The highest BCUT2D eigenvalue weighted by molar-refractivity contribution is 8.76. The van der Waals surface area contributed by atoms with Crippen LogP contribution < -0.4 is 5.32 Å². The van der Waals surface area contributed by atoms with Gasteiger partial charge in [-0.1, -0.05) is 21.6 Å². The number of methoxy groups -OCH3 is 1. The van der Waals surface area contributed by atoms with Gasteiger partial charge >= 0.3 is 5.97 Å². The van der Waals surface area contributed by atoms with E-state index in [4.69, 9.17) is 0 Å². The molecule has 0 rings (SSSR count). The van der Waals surface area contributed by atoms with Crippen molar-refractivity contribution in [1.29, 1.82) is 0 Å². The molecule has 0 aliphatic rings. The summed E-state index contributed by atoms with van der Waals surface area (Å²) in [5.41, 5.74) is 0. The fraction of sp³-hybridized carbons (Fsp3) is 0.857. The molecule has 0 spiro atoms. The van der Waals surface area contributed by atoms with E-state index in [9.17, 15) is 9.90 Å². The molecule has 2 N–H and O–H groups in total. The topological polar surface area (TPSA) is 58.6 Å². The molecule has 0 unspecified atom stereocenters. The van der Waals surface area contributed by atoms with Crippen LogP contribution in [0.15, 0.2) is 0 Å². The quantitative estimate of drug-likeness (QED) is 0.296. The molecule has 0 radical (unpaired) electrons. The summed E-state index contributed by atoms with van der Waals surface area (Å²) in [7, 11) is 4.47. The van der Waals surface area contributed by atoms with Crippen molar-refractivity contribution >= 4 is 27.6 Å². The van der Waals surface area contributed by atoms with Gasteiger partial charge in [-0.3, -0.25) is 10.1 Å². The molecule has 0 aromatic rings. The van der Waals surface area contributed by atoms with Gasteiger partial charge < -0.3 is 9.84 Å². The molecule has 0 saturated heterocycles. The van der Waals surface area contributed by atoms with E-state index in [2.05, 4.69) is 10.1 Å². The first-order valence-corrected chi connectivity index (χ1v) is 6.51. The van der Waals surface area contributed by atoms with E-state index in [1.165, 1.54) is 7.11 Å². The van der Waals surface area contributed by atoms with E-state index in [-0.39, 0.29) is 0 Å². The fourth-order valence-electron chi connectivity index (χ4n) is 0.761. The van der Waals surface area contributed by atoms with E-state index >= 15 is 0 Å². The highest BCUT2D eigenvalue weighted by atomic mass is 33.1. The second-order valence-electron chi connectivity index (χ2n) is 2.37. The first-order chi connectivity index (χ1) is 6.13. The predicted molar refractivity (Wildman–Crippen MR) is 56.6 cm³/mol. The minimum atomic E-state index is -0.741. The molecule has 0 aliphatic heterocycles. The molecular weight excluding hydrogens is 210 g/mol. The second kappa shape index (κ2) is 7.49. The molecule has 4 nitrogen and oxygen atoms in total. The van der Waals surface area contributed by atoms with Crippen molar-refractivity contribution in [2.45, 2.75) is 19.1 Å². The average Bonchev–Trinajstić information content (AvgIpc) is 2.11. The van der Waals surface area contributed by atoms with Gasteiger partial charge in [-0.15, -0.1) is 0 Å². The Morgan fingerprint density at radius 3 is 2.69 bits per heavy atom. The van der Waals surface area contributed by atoms with Crippen molar-refractivity contribution in [3.05, 3.63) is 0 Å². The number of esters is 1. The molecule has 0 bridgehead atoms. The van der Waals surface area contributed by atoms with Crippen molar-refractivity contribution in [3.8, 4) is 0 Å². The standard InChI is InChI=1S/C7H15NO3S2/c1-5(9)6(7(10)11-2)8-4-13-12-3/h5-6,8-9H,4H2,1-3H3/t5-,6+/m1/s1. The van der Waals surface area contributed by atoms with Crippen molar-refractivity contribution in [3.63, 3.8) is 0 Å². The van der Waals surface area contributed by atoms with Crippen molar-refractivity contribution in [1.82, 2.24) is 5.32 Å². The zero-order valence-corrected chi connectivity index (χ0v) is 9.58. The Labute approximate surface area is 86.2 Å². The Kier molecular flexibility index (Phi) is 7.54. The van der Waals surface area contributed by atoms with Gasteiger partial charge in [0, 0.05) is 0 Å². The molecule has 0 saturated carbocycles. The normalized spacial score (nSPS) is 15.1. The Morgan fingerprint density at radius 1 is 1.69 bits per heavy atom. The molecule has 0 amide bonds. The van der Waals surface area contributed by atoms with Crippen molar-refractivity contribution in [2.75, 3.05) is 19.2 Å². The molecule has 2 atom stereocenters. The lowest BCUT2D eigenvalue weighted by molar-refractivity contribution is -0.145. The number of aliphatic hydroxyl groups excluding tert-OH is 1. The maximum atomic E-state index is 11.1. The Bertz CT molecular complexity index is 155. The van der Waals surface area contributed by atoms with Crippen LogP contribution in [-0.4, -0.2) is 42.5 Å². The van der Waals surface area contributed by atoms with Crippen LogP contribution in [0.3, 0.4) is 0 Å². The fourth-order valence-corrected chi connectivity index (χ4v) is 1.68. The monoisotopic (exact) mass is 225 g/mol. The smallest absolute Gasteiger partial charge is 0.325 e. The summed E-state index contributed by atoms with van der Waals surface area (Å²) in [6.45, 7) is 1.55. The van der Waals surface area contributed by atoms with E-state index in [0.717, 1.165) is 0 Å². The molecule has 0 aromatic carbocycles. The van der Waals surface area contributed by atoms with Crippen LogP contribution in [0.1, 0.15) is 6.92 Å². The summed E-state index contributed by atoms with van der Waals surface area (Å²) in [4.78, 5) is 11.1. The number of hydrogen-bond donors (Lipinski definition) is 2. The Hall–Kier alpha value is 0.0900. The number of hydrogen-bond acceptors (Lipinski definition) is 6. The number of nitrogens with one attached hydrogen (secondary N) is 1. The van der Waals surface area contributed by atoms with Gasteiger partial charge in [-0.05, 0) is 13.2 Å². The van der Waals surface area contributed by atoms with Crippen molar-refractivity contribution < 1.29 is 14.6 Å². The number of carbonyl (C=O) groups is 1. The van der Waals surface area contributed by atoms with Crippen molar-refractivity contribution in [2.24, 2.45) is 0 Å². The van der Waals surface area contributed by atoms with E-state index in [0.29, 0.717) is 5.88 Å². The number of rotatable bonds is 6. The predicted octanol–water partition coefficient (Wildman–Crippen LogP) is 0.467. The third kappa shape index (κ3) is 5.41. The van der Waals surface area contributed by atoms with E-state index in [1.54, 1.807) is 28.5 Å². The van der Waals surface area contributed by atoms with Crippen LogP contribution in [0.4, 0.5) is 0 Å². The van der Waals surface area contributed by atoms with Crippen LogP contribution in [0, 0.1) is 0 Å². The molecule has 6 heteroatoms. The third-order valence-corrected chi connectivity index (χ3v) is 3.00. The highest BCUT2D eigenvalue weighted by Gasteiger charge is 2.23. The van der Waals surface area contributed by atoms with Gasteiger partial charge in [0.1, 0.15) is 6.04 Å². The molecule has 0 fully saturated rings. The summed E-state index contributed by atoms with van der Waals surface area (Å²) in [6.07, 6.45) is 1.21. The molecular formula is C7H15NO3S2. The lowest BCUT2D eigenvalue weighted by atomic mass is 10.2. The molecule has 0 aromatic heterocycles. The maximum absolute atomic E-state index is 11.1. The first kappa shape index (κ1) is 13.1. The Balaban J connectivity index is 3.88. The number of ether oxygens (including phenoxy) is 1. The summed E-state index contributed by atoms with van der Waals surface area (Å²) in [5, 5.41) is 12.1. The number of carbonyl (C=O) groups excluding carboxylic acids is 1. The zero-order valence-electron chi connectivity index (χ0n) is 7.94. The number of aliphatic hydroxyl groups is 1. The third-order valence-electron chi connectivity index (χ3n) is 1.42. The summed E-state index contributed by atoms with van der Waals surface area (Å²) < 4.78 is 4.53. The zero-order chi connectivity index (χ0) is 10.3. The van der Waals surface area contributed by atoms with Gasteiger partial charge in [0.15, 0.2) is 0 Å².